The van der Waals surface area contributed by atoms with E-state index in [0.29, 0.717) is 17.0 Å². The number of hydrogen-bond acceptors (Lipinski definition) is 3. The normalized spacial score (nSPS) is 10.3. The van der Waals surface area contributed by atoms with Gasteiger partial charge in [0, 0.05) is 6.20 Å². The summed E-state index contributed by atoms with van der Waals surface area (Å²) < 4.78 is 1.58. The zero-order valence-corrected chi connectivity index (χ0v) is 7.44. The van der Waals surface area contributed by atoms with Crippen LogP contribution in [0.15, 0.2) is 24.9 Å². The van der Waals surface area contributed by atoms with Crippen molar-refractivity contribution in [3.05, 3.63) is 36.3 Å². The Kier molecular flexibility index (Phi) is 1.78. The average Bonchev–Trinajstić information content (AvgIpc) is 2.59. The highest BCUT2D eigenvalue weighted by atomic mass is 15.3. The van der Waals surface area contributed by atoms with Crippen molar-refractivity contribution in [3.8, 4) is 0 Å². The van der Waals surface area contributed by atoms with Gasteiger partial charge in [-0.1, -0.05) is 6.58 Å². The molecule has 0 aromatic carbocycles. The fourth-order valence-electron chi connectivity index (χ4n) is 1.22. The molecular weight excluding hydrogens is 178 g/mol. The number of nitrogens with zero attached hydrogens (tertiary/aromatic N) is 3. The van der Waals surface area contributed by atoms with Crippen molar-refractivity contribution in [2.75, 3.05) is 0 Å². The van der Waals surface area contributed by atoms with Gasteiger partial charge >= 0.3 is 0 Å². The number of nitrogen functional groups attached to an aromatic ring is 1. The van der Waals surface area contributed by atoms with Crippen molar-refractivity contribution in [2.24, 2.45) is 5.73 Å². The smallest absolute Gasteiger partial charge is 0.174 e. The predicted octanol–water partition coefficient (Wildman–Crippen LogP) is 0.656. The molecule has 2 aromatic rings. The first kappa shape index (κ1) is 8.43. The van der Waals surface area contributed by atoms with Crippen LogP contribution in [0.25, 0.3) is 11.7 Å². The first-order valence-electron chi connectivity index (χ1n) is 4.04. The molecule has 70 valence electrons. The first-order valence-corrected chi connectivity index (χ1v) is 4.04. The van der Waals surface area contributed by atoms with Gasteiger partial charge in [-0.3, -0.25) is 5.41 Å². The van der Waals surface area contributed by atoms with Crippen LogP contribution < -0.4 is 5.73 Å². The molecule has 0 unspecified atom stereocenters. The maximum atomic E-state index is 7.35. The SMILES string of the molecule is C=Cc1nc2c(C(=N)N)cccn2n1. The molecule has 2 aromatic heterocycles. The lowest BCUT2D eigenvalue weighted by molar-refractivity contribution is 0.952. The highest BCUT2D eigenvalue weighted by Gasteiger charge is 2.07. The summed E-state index contributed by atoms with van der Waals surface area (Å²) >= 11 is 0. The van der Waals surface area contributed by atoms with Crippen LogP contribution in [0.4, 0.5) is 0 Å². The molecule has 0 saturated heterocycles. The fourth-order valence-corrected chi connectivity index (χ4v) is 1.22. The summed E-state index contributed by atoms with van der Waals surface area (Å²) in [6, 6.07) is 3.50. The van der Waals surface area contributed by atoms with E-state index in [9.17, 15) is 0 Å². The maximum Gasteiger partial charge on any atom is 0.174 e. The topological polar surface area (TPSA) is 80.1 Å². The Morgan fingerprint density at radius 1 is 1.64 bits per heavy atom. The summed E-state index contributed by atoms with van der Waals surface area (Å²) in [7, 11) is 0. The molecular formula is C9H9N5. The van der Waals surface area contributed by atoms with E-state index in [2.05, 4.69) is 16.7 Å². The van der Waals surface area contributed by atoms with E-state index in [4.69, 9.17) is 11.1 Å². The van der Waals surface area contributed by atoms with E-state index in [1.54, 1.807) is 28.9 Å². The summed E-state index contributed by atoms with van der Waals surface area (Å²) in [5.41, 5.74) is 6.56. The largest absolute Gasteiger partial charge is 0.384 e. The zero-order valence-electron chi connectivity index (χ0n) is 7.44. The quantitative estimate of drug-likeness (QED) is 0.535. The molecule has 0 aliphatic rings. The van der Waals surface area contributed by atoms with Gasteiger partial charge in [0.25, 0.3) is 0 Å². The van der Waals surface area contributed by atoms with E-state index in [1.807, 2.05) is 0 Å². The minimum absolute atomic E-state index is 0.0152. The molecule has 5 nitrogen and oxygen atoms in total. The molecule has 0 radical (unpaired) electrons. The van der Waals surface area contributed by atoms with Crippen LogP contribution in [0.5, 0.6) is 0 Å². The van der Waals surface area contributed by atoms with Crippen molar-refractivity contribution >= 4 is 17.6 Å². The van der Waals surface area contributed by atoms with Gasteiger partial charge in [-0.15, -0.1) is 5.10 Å². The lowest BCUT2D eigenvalue weighted by Gasteiger charge is -1.97. The maximum absolute atomic E-state index is 7.35. The van der Waals surface area contributed by atoms with Crippen LogP contribution >= 0.6 is 0 Å². The molecule has 0 bridgehead atoms. The molecule has 2 rings (SSSR count). The molecule has 0 amide bonds. The Hall–Kier alpha value is -2.17. The Morgan fingerprint density at radius 3 is 3.07 bits per heavy atom. The molecule has 5 heteroatoms. The number of fused-ring (bicyclic) bond motifs is 1. The van der Waals surface area contributed by atoms with Crippen LogP contribution in [0.3, 0.4) is 0 Å². The molecule has 2 heterocycles. The molecule has 0 aliphatic carbocycles. The van der Waals surface area contributed by atoms with Gasteiger partial charge in [-0.05, 0) is 18.2 Å². The lowest BCUT2D eigenvalue weighted by atomic mass is 10.2. The van der Waals surface area contributed by atoms with E-state index < -0.39 is 0 Å². The summed E-state index contributed by atoms with van der Waals surface area (Å²) in [4.78, 5) is 4.17. The number of pyridine rings is 1. The monoisotopic (exact) mass is 187 g/mol. The van der Waals surface area contributed by atoms with Gasteiger partial charge in [0.05, 0.1) is 5.56 Å². The number of hydrogen-bond donors (Lipinski definition) is 2. The van der Waals surface area contributed by atoms with Crippen LogP contribution in [0, 0.1) is 5.41 Å². The van der Waals surface area contributed by atoms with Crippen LogP contribution in [-0.2, 0) is 0 Å². The van der Waals surface area contributed by atoms with Gasteiger partial charge in [0.15, 0.2) is 11.5 Å². The number of nitrogens with two attached hydrogens (primary N) is 1. The van der Waals surface area contributed by atoms with Crippen molar-refractivity contribution in [2.45, 2.75) is 0 Å². The van der Waals surface area contributed by atoms with Crippen LogP contribution in [0.2, 0.25) is 0 Å². The highest BCUT2D eigenvalue weighted by molar-refractivity contribution is 6.00. The Labute approximate surface area is 80.4 Å². The molecule has 0 aliphatic heterocycles. The van der Waals surface area contributed by atoms with E-state index in [1.165, 1.54) is 0 Å². The third-order valence-corrected chi connectivity index (χ3v) is 1.85. The van der Waals surface area contributed by atoms with Gasteiger partial charge in [-0.2, -0.15) is 0 Å². The number of nitrogens with one attached hydrogen (secondary N) is 1. The van der Waals surface area contributed by atoms with Crippen molar-refractivity contribution in [1.29, 1.82) is 5.41 Å². The van der Waals surface area contributed by atoms with E-state index >= 15 is 0 Å². The van der Waals surface area contributed by atoms with Crippen LogP contribution in [-0.4, -0.2) is 20.4 Å². The standard InChI is InChI=1S/C9H9N5/c1-2-7-12-9-6(8(10)11)4-3-5-14(9)13-7/h2-5H,1H2,(H3,10,11). The van der Waals surface area contributed by atoms with Gasteiger partial charge in [-0.25, -0.2) is 9.50 Å². The Balaban J connectivity index is 2.79. The second-order valence-corrected chi connectivity index (χ2v) is 2.78. The third kappa shape index (κ3) is 1.15. The Bertz CT molecular complexity index is 511. The van der Waals surface area contributed by atoms with Gasteiger partial charge in [0.2, 0.25) is 0 Å². The van der Waals surface area contributed by atoms with Crippen molar-refractivity contribution in [3.63, 3.8) is 0 Å². The molecule has 0 spiro atoms. The molecule has 0 fully saturated rings. The molecule has 0 saturated carbocycles. The lowest BCUT2D eigenvalue weighted by Crippen LogP contribution is -2.12. The summed E-state index contributed by atoms with van der Waals surface area (Å²) in [6.45, 7) is 3.58. The van der Waals surface area contributed by atoms with Crippen LogP contribution in [0.1, 0.15) is 11.4 Å². The molecule has 3 N–H and O–H groups in total. The minimum atomic E-state index is -0.0152. The summed E-state index contributed by atoms with van der Waals surface area (Å²) in [5.74, 6) is 0.511. The molecule has 0 atom stereocenters. The number of rotatable bonds is 2. The average molecular weight is 187 g/mol. The molecule has 14 heavy (non-hydrogen) atoms. The number of aromatic nitrogens is 3. The Morgan fingerprint density at radius 2 is 2.43 bits per heavy atom. The third-order valence-electron chi connectivity index (χ3n) is 1.85. The van der Waals surface area contributed by atoms with Gasteiger partial charge in [0.1, 0.15) is 5.84 Å². The zero-order chi connectivity index (χ0) is 10.1. The fraction of sp³-hybridized carbons (Fsp3) is 0. The highest BCUT2D eigenvalue weighted by Crippen LogP contribution is 2.08. The van der Waals surface area contributed by atoms with Gasteiger partial charge < -0.3 is 5.73 Å². The van der Waals surface area contributed by atoms with E-state index in [0.717, 1.165) is 0 Å². The van der Waals surface area contributed by atoms with Crippen molar-refractivity contribution in [1.82, 2.24) is 14.6 Å². The van der Waals surface area contributed by atoms with E-state index in [-0.39, 0.29) is 5.84 Å². The second kappa shape index (κ2) is 2.95. The number of amidine groups is 1. The predicted molar refractivity (Wildman–Crippen MR) is 54.1 cm³/mol. The second-order valence-electron chi connectivity index (χ2n) is 2.78. The summed E-state index contributed by atoms with van der Waals surface area (Å²) in [5, 5.41) is 11.5. The van der Waals surface area contributed by atoms with Crippen molar-refractivity contribution < 1.29 is 0 Å². The minimum Gasteiger partial charge on any atom is -0.384 e. The first-order chi connectivity index (χ1) is 6.72. The summed E-state index contributed by atoms with van der Waals surface area (Å²) in [6.07, 6.45) is 3.30.